The van der Waals surface area contributed by atoms with Gasteiger partial charge in [-0.2, -0.15) is 24.9 Å². The molecule has 3 heterocycles. The number of halogens is 1. The highest BCUT2D eigenvalue weighted by Gasteiger charge is 2.11. The molecule has 12 heteroatoms. The molecule has 0 aromatic carbocycles. The largest absolute Gasteiger partial charge is 0.387 e. The number of nitrogen functional groups attached to an aromatic ring is 2. The van der Waals surface area contributed by atoms with Crippen LogP contribution in [0.1, 0.15) is 22.0 Å². The topological polar surface area (TPSA) is 169 Å². The van der Waals surface area contributed by atoms with Gasteiger partial charge in [-0.05, 0) is 37.6 Å². The highest BCUT2D eigenvalue weighted by atomic mass is 35.5. The molecule has 0 amide bonds. The smallest absolute Gasteiger partial charge is 0.346 e. The van der Waals surface area contributed by atoms with E-state index >= 15 is 0 Å². The van der Waals surface area contributed by atoms with Gasteiger partial charge in [-0.1, -0.05) is 0 Å². The van der Waals surface area contributed by atoms with Crippen molar-refractivity contribution < 1.29 is 12.4 Å². The van der Waals surface area contributed by atoms with Gasteiger partial charge >= 0.3 is 12.0 Å². The fraction of sp³-hybridized carbons (Fsp3) is 0.143. The molecule has 0 atom stereocenters. The highest BCUT2D eigenvalue weighted by molar-refractivity contribution is 6.28. The number of ether oxygens (including phenoxy) is 1. The number of hydrogen-bond donors (Lipinski definition) is 2. The van der Waals surface area contributed by atoms with Gasteiger partial charge in [-0.15, -0.1) is 0 Å². The first-order valence-electron chi connectivity index (χ1n) is 8.00. The summed E-state index contributed by atoms with van der Waals surface area (Å²) in [5.41, 5.74) is 4.36. The van der Waals surface area contributed by atoms with E-state index in [1.165, 1.54) is 24.5 Å². The average molecular weight is 378 g/mol. The maximum atomic E-state index is 11.7. The minimum Gasteiger partial charge on any atom is -0.387 e. The van der Waals surface area contributed by atoms with Crippen molar-refractivity contribution in [3.05, 3.63) is 47.0 Å². The minimum absolute atomic E-state index is 0.0139. The summed E-state index contributed by atoms with van der Waals surface area (Å²) in [7, 11) is 0. The van der Waals surface area contributed by atoms with Gasteiger partial charge in [0.15, 0.2) is 2.82 Å². The molecular formula is C14H14ClN9O2. The molecule has 0 aliphatic rings. The fourth-order valence-electron chi connectivity index (χ4n) is 1.58. The molecule has 0 radical (unpaired) electrons. The van der Waals surface area contributed by atoms with E-state index in [1.54, 1.807) is 13.8 Å². The van der Waals surface area contributed by atoms with Crippen LogP contribution in [0.3, 0.4) is 0 Å². The number of hydrogen-bond acceptors (Lipinski definition) is 11. The lowest BCUT2D eigenvalue weighted by Gasteiger charge is -2.03. The summed E-state index contributed by atoms with van der Waals surface area (Å²) < 4.78 is 18.6. The van der Waals surface area contributed by atoms with E-state index in [-0.39, 0.29) is 23.2 Å². The van der Waals surface area contributed by atoms with Crippen LogP contribution in [0.5, 0.6) is 6.01 Å². The zero-order valence-electron chi connectivity index (χ0n) is 15.6. The third-order valence-corrected chi connectivity index (χ3v) is 2.72. The Hall–Kier alpha value is -3.47. The molecule has 0 aliphatic heterocycles. The second-order valence-electron chi connectivity index (χ2n) is 4.59. The molecule has 0 aliphatic carbocycles. The van der Waals surface area contributed by atoms with Crippen molar-refractivity contribution in [2.45, 2.75) is 13.8 Å². The first-order chi connectivity index (χ1) is 13.4. The Morgan fingerprint density at radius 1 is 1.00 bits per heavy atom. The number of pyridine rings is 1. The summed E-state index contributed by atoms with van der Waals surface area (Å²) >= 11 is 5.44. The average Bonchev–Trinajstić information content (AvgIpc) is 2.67. The van der Waals surface area contributed by atoms with E-state index in [1.807, 2.05) is 11.5 Å². The highest BCUT2D eigenvalue weighted by Crippen LogP contribution is 2.07. The fourth-order valence-corrected chi connectivity index (χ4v) is 1.78. The molecule has 3 aromatic rings. The number of carbonyl (C=O) groups excluding carboxylic acids is 1. The zero-order valence-corrected chi connectivity index (χ0v) is 14.4. The van der Waals surface area contributed by atoms with Crippen molar-refractivity contribution in [1.29, 1.82) is 0 Å². The molecule has 3 rings (SSSR count). The van der Waals surface area contributed by atoms with Crippen LogP contribution in [0.2, 0.25) is 8.11 Å². The van der Waals surface area contributed by atoms with Crippen LogP contribution in [0.25, 0.3) is 0 Å². The number of esters is 1. The Balaban J connectivity index is 0.000000237. The third kappa shape index (κ3) is 5.87. The van der Waals surface area contributed by atoms with Crippen LogP contribution in [-0.4, -0.2) is 40.9 Å². The van der Waals surface area contributed by atoms with Gasteiger partial charge in [0.05, 0.1) is 5.56 Å². The monoisotopic (exact) mass is 377 g/mol. The van der Waals surface area contributed by atoms with Gasteiger partial charge in [0.2, 0.25) is 17.2 Å². The van der Waals surface area contributed by atoms with Gasteiger partial charge in [0, 0.05) is 12.4 Å². The normalized spacial score (nSPS) is 10.6. The van der Waals surface area contributed by atoms with Gasteiger partial charge in [0.1, 0.15) is 11.6 Å². The Bertz CT molecular complexity index is 929. The van der Waals surface area contributed by atoms with E-state index in [2.05, 4.69) is 34.9 Å². The molecule has 11 nitrogen and oxygen atoms in total. The molecule has 134 valence electrons. The number of nitrogens with zero attached hydrogens (tertiary/aromatic N) is 7. The van der Waals surface area contributed by atoms with Crippen molar-refractivity contribution in [2.75, 3.05) is 11.5 Å². The molecule has 0 bridgehead atoms. The maximum absolute atomic E-state index is 11.7. The van der Waals surface area contributed by atoms with Crippen LogP contribution < -0.4 is 16.2 Å². The Kier molecular flexibility index (Phi) is 5.28. The van der Waals surface area contributed by atoms with E-state index in [0.29, 0.717) is 17.2 Å². The van der Waals surface area contributed by atoms with Crippen molar-refractivity contribution in [3.8, 4) is 6.01 Å². The molecule has 26 heavy (non-hydrogen) atoms. The number of nitrogens with two attached hydrogens (primary N) is 2. The lowest BCUT2D eigenvalue weighted by Crippen LogP contribution is -2.12. The quantitative estimate of drug-likeness (QED) is 0.616. The maximum Gasteiger partial charge on any atom is 0.346 e. The molecule has 0 unspecified atom stereocenters. The van der Waals surface area contributed by atoms with E-state index in [9.17, 15) is 4.79 Å². The second kappa shape index (κ2) is 8.58. The van der Waals surface area contributed by atoms with E-state index in [4.69, 9.17) is 19.2 Å². The SMILES string of the molecule is [2H]Nc1nc(C)nc(Cl)n1.[2H]Nc1nc(C)nc(OC(=O)c2ccncc2)n1. The van der Waals surface area contributed by atoms with Crippen molar-refractivity contribution in [2.24, 2.45) is 0 Å². The zero-order chi connectivity index (χ0) is 20.5. The molecule has 0 saturated carbocycles. The number of anilines is 2. The molecule has 0 fully saturated rings. The summed E-state index contributed by atoms with van der Waals surface area (Å²) in [6.07, 6.45) is 2.96. The van der Waals surface area contributed by atoms with Gasteiger partial charge in [0.25, 0.3) is 0 Å². The predicted octanol–water partition coefficient (Wildman–Crippen LogP) is 0.792. The number of aromatic nitrogens is 7. The lowest BCUT2D eigenvalue weighted by molar-refractivity contribution is 0.0719. The summed E-state index contributed by atoms with van der Waals surface area (Å²) in [5, 5.41) is 0.0993. The van der Waals surface area contributed by atoms with Gasteiger partial charge in [-0.3, -0.25) is 4.98 Å². The number of carbonyl (C=O) groups is 1. The first-order valence-corrected chi connectivity index (χ1v) is 7.37. The number of aryl methyl sites for hydroxylation is 2. The molecule has 4 N–H and O–H groups in total. The minimum atomic E-state index is -0.598. The standard InChI is InChI=1S/C10H9N5O2.C4H5ClN4/c1-6-13-9(11)15-10(14-6)17-8(16)7-2-4-12-5-3-7;1-2-7-3(5)9-4(6)8-2/h2-5H,1H3,(H2,11,13,14,15);1H3,(H2,6,7,8,9)/i/hD2. The van der Waals surface area contributed by atoms with Crippen LogP contribution in [0, 0.1) is 13.8 Å². The van der Waals surface area contributed by atoms with Crippen LogP contribution in [-0.2, 0) is 0 Å². The van der Waals surface area contributed by atoms with E-state index < -0.39 is 5.97 Å². The summed E-state index contributed by atoms with van der Waals surface area (Å²) in [4.78, 5) is 37.9. The van der Waals surface area contributed by atoms with Gasteiger partial charge < -0.3 is 16.2 Å². The third-order valence-electron chi connectivity index (χ3n) is 2.55. The molecule has 0 spiro atoms. The van der Waals surface area contributed by atoms with Gasteiger partial charge in [-0.25, -0.2) is 9.78 Å². The first kappa shape index (κ1) is 16.0. The molecule has 0 saturated heterocycles. The predicted molar refractivity (Wildman–Crippen MR) is 92.2 cm³/mol. The van der Waals surface area contributed by atoms with Crippen molar-refractivity contribution in [1.82, 2.24) is 34.9 Å². The Morgan fingerprint density at radius 2 is 1.62 bits per heavy atom. The second-order valence-corrected chi connectivity index (χ2v) is 4.93. The van der Waals surface area contributed by atoms with Crippen LogP contribution in [0.4, 0.5) is 11.9 Å². The number of rotatable bonds is 4. The van der Waals surface area contributed by atoms with E-state index in [0.717, 1.165) is 0 Å². The molecule has 3 aromatic heterocycles. The van der Waals surface area contributed by atoms with Crippen LogP contribution in [0.15, 0.2) is 24.5 Å². The summed E-state index contributed by atoms with van der Waals surface area (Å²) in [6, 6.07) is 2.87. The Labute approximate surface area is 155 Å². The van der Waals surface area contributed by atoms with Crippen LogP contribution >= 0.6 is 11.6 Å². The summed E-state index contributed by atoms with van der Waals surface area (Å²) in [5.74, 6) is 0.420. The lowest BCUT2D eigenvalue weighted by atomic mass is 10.3. The summed E-state index contributed by atoms with van der Waals surface area (Å²) in [6.45, 7) is 3.28. The van der Waals surface area contributed by atoms with Crippen molar-refractivity contribution >= 4 is 29.5 Å². The molecular weight excluding hydrogens is 362 g/mol. The Morgan fingerprint density at radius 3 is 2.23 bits per heavy atom. The van der Waals surface area contributed by atoms with Crippen molar-refractivity contribution in [3.63, 3.8) is 0 Å².